The fourth-order valence-corrected chi connectivity index (χ4v) is 1.30. The van der Waals surface area contributed by atoms with Crippen LogP contribution in [-0.2, 0) is 0 Å². The van der Waals surface area contributed by atoms with E-state index in [-0.39, 0.29) is 5.75 Å². The third-order valence-electron chi connectivity index (χ3n) is 2.12. The van der Waals surface area contributed by atoms with Crippen molar-refractivity contribution in [3.05, 3.63) is 59.7 Å². The Morgan fingerprint density at radius 3 is 2.06 bits per heavy atom. The Morgan fingerprint density at radius 2 is 1.53 bits per heavy atom. The molecule has 0 aromatic heterocycles. The lowest BCUT2D eigenvalue weighted by Gasteiger charge is -2.07. The van der Waals surface area contributed by atoms with E-state index in [1.807, 2.05) is 6.07 Å². The van der Waals surface area contributed by atoms with Crippen LogP contribution in [0.4, 0.5) is 8.78 Å². The van der Waals surface area contributed by atoms with Crippen LogP contribution in [0.5, 0.6) is 11.5 Å². The minimum Gasteiger partial charge on any atom is -0.451 e. The van der Waals surface area contributed by atoms with Crippen molar-refractivity contribution in [3.8, 4) is 17.6 Å². The van der Waals surface area contributed by atoms with Crippen molar-refractivity contribution < 1.29 is 13.5 Å². The maximum atomic E-state index is 13.3. The Morgan fingerprint density at radius 1 is 0.941 bits per heavy atom. The highest BCUT2D eigenvalue weighted by Gasteiger charge is 2.10. The first-order chi connectivity index (χ1) is 8.20. The van der Waals surface area contributed by atoms with Crippen molar-refractivity contribution >= 4 is 0 Å². The number of hydrogen-bond donors (Lipinski definition) is 0. The lowest BCUT2D eigenvalue weighted by Crippen LogP contribution is -1.92. The summed E-state index contributed by atoms with van der Waals surface area (Å²) >= 11 is 0. The van der Waals surface area contributed by atoms with E-state index in [4.69, 9.17) is 10.00 Å². The van der Waals surface area contributed by atoms with Gasteiger partial charge in [0.1, 0.15) is 5.75 Å². The van der Waals surface area contributed by atoms with E-state index >= 15 is 0 Å². The van der Waals surface area contributed by atoms with Crippen molar-refractivity contribution in [3.63, 3.8) is 0 Å². The molecule has 0 N–H and O–H groups in total. The van der Waals surface area contributed by atoms with Crippen LogP contribution in [0.3, 0.4) is 0 Å². The van der Waals surface area contributed by atoms with E-state index < -0.39 is 17.4 Å². The molecule has 0 heterocycles. The predicted molar refractivity (Wildman–Crippen MR) is 57.6 cm³/mol. The molecule has 0 saturated heterocycles. The molecule has 2 aromatic carbocycles. The number of ether oxygens (including phenoxy) is 1. The van der Waals surface area contributed by atoms with Gasteiger partial charge in [0.15, 0.2) is 17.4 Å². The minimum absolute atomic E-state index is 0.271. The van der Waals surface area contributed by atoms with Crippen LogP contribution in [-0.4, -0.2) is 0 Å². The topological polar surface area (TPSA) is 33.0 Å². The number of halogens is 2. The van der Waals surface area contributed by atoms with Crippen LogP contribution < -0.4 is 4.74 Å². The van der Waals surface area contributed by atoms with Crippen LogP contribution >= 0.6 is 0 Å². The van der Waals surface area contributed by atoms with Gasteiger partial charge in [0, 0.05) is 0 Å². The normalized spacial score (nSPS) is 9.71. The minimum atomic E-state index is -0.769. The van der Waals surface area contributed by atoms with Gasteiger partial charge in [-0.3, -0.25) is 0 Å². The molecule has 0 aliphatic carbocycles. The predicted octanol–water partition coefficient (Wildman–Crippen LogP) is 3.63. The number of rotatable bonds is 2. The van der Waals surface area contributed by atoms with Gasteiger partial charge in [0.2, 0.25) is 0 Å². The maximum Gasteiger partial charge on any atom is 0.198 e. The van der Waals surface area contributed by atoms with Gasteiger partial charge in [0.05, 0.1) is 11.6 Å². The highest BCUT2D eigenvalue weighted by atomic mass is 19.1. The molecule has 4 heteroatoms. The maximum absolute atomic E-state index is 13.3. The Labute approximate surface area is 96.7 Å². The average Bonchev–Trinajstić information content (AvgIpc) is 2.35. The third kappa shape index (κ3) is 2.40. The summed E-state index contributed by atoms with van der Waals surface area (Å²) in [6.07, 6.45) is 0. The van der Waals surface area contributed by atoms with E-state index in [0.29, 0.717) is 5.56 Å². The number of nitrogens with zero attached hydrogens (tertiary/aromatic N) is 1. The summed E-state index contributed by atoms with van der Waals surface area (Å²) in [6, 6.07) is 11.4. The van der Waals surface area contributed by atoms with Crippen LogP contribution in [0.2, 0.25) is 0 Å². The molecule has 0 aliphatic rings. The number of benzene rings is 2. The monoisotopic (exact) mass is 231 g/mol. The Hall–Kier alpha value is -2.41. The second-order valence-electron chi connectivity index (χ2n) is 3.29. The van der Waals surface area contributed by atoms with Crippen molar-refractivity contribution in [2.24, 2.45) is 0 Å². The summed E-state index contributed by atoms with van der Waals surface area (Å²) in [7, 11) is 0. The molecule has 84 valence electrons. The molecule has 2 aromatic rings. The zero-order valence-corrected chi connectivity index (χ0v) is 8.65. The van der Waals surface area contributed by atoms with E-state index in [1.54, 1.807) is 0 Å². The summed E-state index contributed by atoms with van der Waals surface area (Å²) in [4.78, 5) is 0. The molecule has 0 amide bonds. The SMILES string of the molecule is N#Cc1ccc(Oc2c(F)cccc2F)cc1. The molecule has 2 rings (SSSR count). The first kappa shape index (κ1) is 11.1. The van der Waals surface area contributed by atoms with Gasteiger partial charge in [-0.1, -0.05) is 6.07 Å². The highest BCUT2D eigenvalue weighted by Crippen LogP contribution is 2.27. The Kier molecular flexibility index (Phi) is 3.01. The fourth-order valence-electron chi connectivity index (χ4n) is 1.30. The van der Waals surface area contributed by atoms with Crippen LogP contribution in [0.25, 0.3) is 0 Å². The van der Waals surface area contributed by atoms with E-state index in [9.17, 15) is 8.78 Å². The van der Waals surface area contributed by atoms with Crippen molar-refractivity contribution in [1.29, 1.82) is 5.26 Å². The van der Waals surface area contributed by atoms with E-state index in [1.165, 1.54) is 30.3 Å². The molecule has 17 heavy (non-hydrogen) atoms. The van der Waals surface area contributed by atoms with Gasteiger partial charge < -0.3 is 4.74 Å². The molecule has 0 radical (unpaired) electrons. The molecule has 0 spiro atoms. The van der Waals surface area contributed by atoms with E-state index in [2.05, 4.69) is 0 Å². The van der Waals surface area contributed by atoms with Crippen LogP contribution in [0.15, 0.2) is 42.5 Å². The van der Waals surface area contributed by atoms with Crippen molar-refractivity contribution in [2.75, 3.05) is 0 Å². The van der Waals surface area contributed by atoms with Gasteiger partial charge in [0.25, 0.3) is 0 Å². The quantitative estimate of drug-likeness (QED) is 0.790. The fraction of sp³-hybridized carbons (Fsp3) is 0. The van der Waals surface area contributed by atoms with Crippen molar-refractivity contribution in [1.82, 2.24) is 0 Å². The molecule has 0 unspecified atom stereocenters. The molecular weight excluding hydrogens is 224 g/mol. The average molecular weight is 231 g/mol. The lowest BCUT2D eigenvalue weighted by atomic mass is 10.2. The Balaban J connectivity index is 2.29. The molecule has 2 nitrogen and oxygen atoms in total. The first-order valence-corrected chi connectivity index (χ1v) is 4.83. The van der Waals surface area contributed by atoms with Gasteiger partial charge in [-0.2, -0.15) is 5.26 Å². The molecule has 0 atom stereocenters. The number of nitriles is 1. The second kappa shape index (κ2) is 4.62. The van der Waals surface area contributed by atoms with Gasteiger partial charge >= 0.3 is 0 Å². The molecule has 0 bridgehead atoms. The zero-order chi connectivity index (χ0) is 12.3. The molecule has 0 aliphatic heterocycles. The summed E-state index contributed by atoms with van der Waals surface area (Å²) in [5.74, 6) is -1.71. The Bertz CT molecular complexity index is 553. The van der Waals surface area contributed by atoms with Crippen LogP contribution in [0.1, 0.15) is 5.56 Å². The zero-order valence-electron chi connectivity index (χ0n) is 8.65. The lowest BCUT2D eigenvalue weighted by molar-refractivity contribution is 0.407. The third-order valence-corrected chi connectivity index (χ3v) is 2.12. The summed E-state index contributed by atoms with van der Waals surface area (Å²) in [5.41, 5.74) is 0.450. The highest BCUT2D eigenvalue weighted by molar-refractivity contribution is 5.38. The smallest absolute Gasteiger partial charge is 0.198 e. The van der Waals surface area contributed by atoms with Crippen molar-refractivity contribution in [2.45, 2.75) is 0 Å². The number of para-hydroxylation sites is 1. The summed E-state index contributed by atoms with van der Waals surface area (Å²) in [6.45, 7) is 0. The number of hydrogen-bond acceptors (Lipinski definition) is 2. The van der Waals surface area contributed by atoms with E-state index in [0.717, 1.165) is 12.1 Å². The summed E-state index contributed by atoms with van der Waals surface area (Å²) in [5, 5.41) is 8.60. The van der Waals surface area contributed by atoms with Gasteiger partial charge in [-0.15, -0.1) is 0 Å². The largest absolute Gasteiger partial charge is 0.451 e. The molecule has 0 saturated carbocycles. The first-order valence-electron chi connectivity index (χ1n) is 4.83. The second-order valence-corrected chi connectivity index (χ2v) is 3.29. The molecular formula is C13H7F2NO. The van der Waals surface area contributed by atoms with Gasteiger partial charge in [-0.25, -0.2) is 8.78 Å². The van der Waals surface area contributed by atoms with Gasteiger partial charge in [-0.05, 0) is 36.4 Å². The van der Waals surface area contributed by atoms with Crippen LogP contribution in [0, 0.1) is 23.0 Å². The standard InChI is InChI=1S/C13H7F2NO/c14-11-2-1-3-12(15)13(11)17-10-6-4-9(8-16)5-7-10/h1-7H. The summed E-state index contributed by atoms with van der Waals surface area (Å²) < 4.78 is 31.6. The molecule has 0 fully saturated rings.